The van der Waals surface area contributed by atoms with Crippen molar-refractivity contribution in [1.82, 2.24) is 0 Å². The molecule has 0 bridgehead atoms. The smallest absolute Gasteiger partial charge is 0.286 e. The highest BCUT2D eigenvalue weighted by atomic mass is 31.2. The summed E-state index contributed by atoms with van der Waals surface area (Å²) in [6.07, 6.45) is 0. The number of fused-ring (bicyclic) bond motifs is 6. The Bertz CT molecular complexity index is 1810. The second-order valence-electron chi connectivity index (χ2n) is 10.00. The predicted molar refractivity (Wildman–Crippen MR) is 158 cm³/mol. The van der Waals surface area contributed by atoms with Gasteiger partial charge in [0.15, 0.2) is 0 Å². The summed E-state index contributed by atoms with van der Waals surface area (Å²) in [4.78, 5) is 0. The van der Waals surface area contributed by atoms with Crippen LogP contribution in [-0.2, 0) is 9.13 Å². The van der Waals surface area contributed by atoms with Crippen molar-refractivity contribution in [1.29, 1.82) is 0 Å². The molecule has 7 rings (SSSR count). The van der Waals surface area contributed by atoms with Gasteiger partial charge < -0.3 is 9.05 Å². The van der Waals surface area contributed by atoms with Crippen LogP contribution in [0.15, 0.2) is 127 Å². The monoisotopic (exact) mass is 548 g/mol. The van der Waals surface area contributed by atoms with Crippen molar-refractivity contribution >= 4 is 25.3 Å². The fourth-order valence-electron chi connectivity index (χ4n) is 5.98. The molecule has 0 radical (unpaired) electrons. The summed E-state index contributed by atoms with van der Waals surface area (Å²) in [6, 6.07) is 40.4. The summed E-state index contributed by atoms with van der Waals surface area (Å²) >= 11 is 0. The normalized spacial score (nSPS) is 22.1. The van der Waals surface area contributed by atoms with Crippen LogP contribution in [0.1, 0.15) is 18.1 Å². The van der Waals surface area contributed by atoms with Gasteiger partial charge in [0.25, 0.3) is 14.7 Å². The lowest BCUT2D eigenvalue weighted by atomic mass is 10.0. The lowest BCUT2D eigenvalue weighted by Crippen LogP contribution is -2.32. The average Bonchev–Trinajstić information content (AvgIpc) is 2.98. The van der Waals surface area contributed by atoms with Gasteiger partial charge in [-0.05, 0) is 41.0 Å². The zero-order valence-electron chi connectivity index (χ0n) is 21.3. The number of hydrogen-bond donors (Lipinski definition) is 0. The predicted octanol–water partition coefficient (Wildman–Crippen LogP) is 8.44. The maximum Gasteiger partial charge on any atom is 0.286 e. The van der Waals surface area contributed by atoms with E-state index < -0.39 is 26.1 Å². The van der Waals surface area contributed by atoms with E-state index in [0.717, 1.165) is 27.8 Å². The van der Waals surface area contributed by atoms with Gasteiger partial charge in [-0.25, -0.2) is 0 Å². The molecule has 0 spiro atoms. The minimum atomic E-state index is -3.68. The quantitative estimate of drug-likeness (QED) is 0.212. The van der Waals surface area contributed by atoms with E-state index in [2.05, 4.69) is 0 Å². The summed E-state index contributed by atoms with van der Waals surface area (Å²) in [6.45, 7) is 1.90. The molecule has 5 aromatic rings. The number of para-hydroxylation sites is 2. The fourth-order valence-corrected chi connectivity index (χ4v) is 12.5. The van der Waals surface area contributed by atoms with Gasteiger partial charge in [0.2, 0.25) is 0 Å². The molecule has 0 aromatic heterocycles. The Morgan fingerprint density at radius 2 is 0.897 bits per heavy atom. The summed E-state index contributed by atoms with van der Waals surface area (Å²) < 4.78 is 43.8. The molecule has 2 heterocycles. The summed E-state index contributed by atoms with van der Waals surface area (Å²) in [7, 11) is -7.29. The molecule has 6 heteroatoms. The van der Waals surface area contributed by atoms with Crippen LogP contribution in [0.4, 0.5) is 0 Å². The Labute approximate surface area is 228 Å². The van der Waals surface area contributed by atoms with Crippen LogP contribution in [0.25, 0.3) is 22.3 Å². The molecule has 2 aliphatic heterocycles. The molecule has 5 aromatic carbocycles. The molecule has 0 fully saturated rings. The van der Waals surface area contributed by atoms with Gasteiger partial charge in [-0.15, -0.1) is 0 Å². The Morgan fingerprint density at radius 3 is 1.46 bits per heavy atom. The van der Waals surface area contributed by atoms with Crippen molar-refractivity contribution in [2.75, 3.05) is 0 Å². The molecule has 4 atom stereocenters. The average molecular weight is 549 g/mol. The molecule has 0 amide bonds. The van der Waals surface area contributed by atoms with E-state index in [4.69, 9.17) is 9.05 Å². The van der Waals surface area contributed by atoms with Gasteiger partial charge in [-0.1, -0.05) is 110 Å². The topological polar surface area (TPSA) is 52.6 Å². The van der Waals surface area contributed by atoms with Gasteiger partial charge in [0.1, 0.15) is 11.5 Å². The Kier molecular flexibility index (Phi) is 5.67. The second kappa shape index (κ2) is 9.12. The molecule has 0 saturated carbocycles. The van der Waals surface area contributed by atoms with Gasteiger partial charge in [0.05, 0.1) is 21.9 Å². The minimum absolute atomic E-state index is 0.571. The SMILES string of the molecule is CC(C(c1ccccc1)P1(=O)Oc2ccccc2-c2ccccc21)P1(=O)Oc2ccccc2-c2ccccc21. The van der Waals surface area contributed by atoms with Crippen LogP contribution >= 0.6 is 14.7 Å². The largest absolute Gasteiger partial charge is 0.439 e. The summed E-state index contributed by atoms with van der Waals surface area (Å²) in [5, 5.41) is 1.29. The summed E-state index contributed by atoms with van der Waals surface area (Å²) in [5.41, 5.74) is 2.98. The Hall–Kier alpha value is -3.84. The fraction of sp³-hybridized carbons (Fsp3) is 0.0909. The zero-order chi connectivity index (χ0) is 26.6. The maximum absolute atomic E-state index is 15.5. The van der Waals surface area contributed by atoms with E-state index in [-0.39, 0.29) is 0 Å². The molecule has 0 aliphatic carbocycles. The molecule has 0 N–H and O–H groups in total. The highest BCUT2D eigenvalue weighted by molar-refractivity contribution is 7.72. The van der Waals surface area contributed by atoms with Gasteiger partial charge in [-0.2, -0.15) is 0 Å². The van der Waals surface area contributed by atoms with Crippen molar-refractivity contribution in [3.63, 3.8) is 0 Å². The lowest BCUT2D eigenvalue weighted by molar-refractivity contribution is 0.456. The minimum Gasteiger partial charge on any atom is -0.439 e. The first-order chi connectivity index (χ1) is 19.0. The van der Waals surface area contributed by atoms with Crippen LogP contribution in [0.3, 0.4) is 0 Å². The van der Waals surface area contributed by atoms with Crippen molar-refractivity contribution in [2.24, 2.45) is 0 Å². The van der Waals surface area contributed by atoms with E-state index in [1.165, 1.54) is 0 Å². The van der Waals surface area contributed by atoms with E-state index >= 15 is 9.13 Å². The lowest BCUT2D eigenvalue weighted by Gasteiger charge is -2.40. The standard InChI is InChI=1S/C33H26O4P2/c1-23(38(34)31-21-11-7-17-27(31)25-15-5-9-19-29(25)36-38)33(24-13-3-2-4-14-24)39(35)32-22-12-8-18-28(32)26-16-6-10-20-30(26)37-39/h2-23,33H,1H3. The number of hydrogen-bond acceptors (Lipinski definition) is 4. The second-order valence-corrected chi connectivity index (χ2v) is 15.1. The van der Waals surface area contributed by atoms with Crippen LogP contribution < -0.4 is 19.7 Å². The summed E-state index contributed by atoms with van der Waals surface area (Å²) in [5.74, 6) is 1.15. The third-order valence-electron chi connectivity index (χ3n) is 7.80. The molecular weight excluding hydrogens is 522 g/mol. The Morgan fingerprint density at radius 1 is 0.487 bits per heavy atom. The van der Waals surface area contributed by atoms with Crippen LogP contribution in [0.2, 0.25) is 0 Å². The first kappa shape index (κ1) is 24.2. The molecule has 192 valence electrons. The molecular formula is C33H26O4P2. The van der Waals surface area contributed by atoms with Crippen LogP contribution in [0, 0.1) is 0 Å². The number of rotatable bonds is 4. The number of benzene rings is 5. The van der Waals surface area contributed by atoms with E-state index in [0.29, 0.717) is 22.1 Å². The van der Waals surface area contributed by atoms with Crippen molar-refractivity contribution < 1.29 is 18.2 Å². The van der Waals surface area contributed by atoms with Gasteiger partial charge in [-0.3, -0.25) is 9.13 Å². The highest BCUT2D eigenvalue weighted by Gasteiger charge is 2.54. The van der Waals surface area contributed by atoms with Crippen molar-refractivity contribution in [3.8, 4) is 33.8 Å². The molecule has 4 nitrogen and oxygen atoms in total. The first-order valence-corrected chi connectivity index (χ1v) is 16.4. The molecule has 39 heavy (non-hydrogen) atoms. The van der Waals surface area contributed by atoms with Crippen LogP contribution in [-0.4, -0.2) is 5.66 Å². The molecule has 2 aliphatic rings. The molecule has 4 unspecified atom stereocenters. The van der Waals surface area contributed by atoms with E-state index in [1.807, 2.05) is 134 Å². The first-order valence-electron chi connectivity index (χ1n) is 13.0. The maximum atomic E-state index is 15.5. The third-order valence-corrected chi connectivity index (χ3v) is 13.9. The van der Waals surface area contributed by atoms with Gasteiger partial charge in [0, 0.05) is 11.1 Å². The van der Waals surface area contributed by atoms with Crippen LogP contribution in [0.5, 0.6) is 11.5 Å². The Balaban J connectivity index is 1.46. The van der Waals surface area contributed by atoms with E-state index in [1.54, 1.807) is 0 Å². The van der Waals surface area contributed by atoms with Gasteiger partial charge >= 0.3 is 0 Å². The van der Waals surface area contributed by atoms with Crippen molar-refractivity contribution in [3.05, 3.63) is 133 Å². The molecule has 0 saturated heterocycles. The third kappa shape index (κ3) is 3.67. The highest BCUT2D eigenvalue weighted by Crippen LogP contribution is 2.71. The zero-order valence-corrected chi connectivity index (χ0v) is 23.1. The van der Waals surface area contributed by atoms with E-state index in [9.17, 15) is 0 Å². The van der Waals surface area contributed by atoms with Crippen molar-refractivity contribution in [2.45, 2.75) is 18.2 Å².